The summed E-state index contributed by atoms with van der Waals surface area (Å²) >= 11 is 0. The summed E-state index contributed by atoms with van der Waals surface area (Å²) in [4.78, 5) is 13.1. The third-order valence-electron chi connectivity index (χ3n) is 8.07. The zero-order chi connectivity index (χ0) is 24.5. The number of carbonyl (C=O) groups excluding carboxylic acids is 1. The maximum Gasteiger partial charge on any atom is 0.340 e. The number of fused-ring (bicyclic) bond motifs is 6. The van der Waals surface area contributed by atoms with Gasteiger partial charge in [0.1, 0.15) is 11.5 Å². The topological polar surface area (TPSA) is 47.6 Å². The molecule has 1 fully saturated rings. The predicted octanol–water partition coefficient (Wildman–Crippen LogP) is 8.12. The number of aryl methyl sites for hydroxylation is 1. The van der Waals surface area contributed by atoms with Crippen LogP contribution in [0.25, 0.3) is 0 Å². The Bertz CT molecular complexity index is 1280. The Morgan fingerprint density at radius 2 is 1.72 bits per heavy atom. The molecule has 1 aliphatic carbocycles. The molecule has 1 spiro atoms. The quantitative estimate of drug-likeness (QED) is 0.273. The van der Waals surface area contributed by atoms with E-state index in [1.165, 1.54) is 56.9 Å². The number of ether oxygens (including phenoxy) is 2. The van der Waals surface area contributed by atoms with Crippen LogP contribution in [0.4, 0.5) is 5.69 Å². The average molecular weight is 482 g/mol. The minimum absolute atomic E-state index is 0.276. The largest absolute Gasteiger partial charge is 0.456 e. The number of anilines is 1. The summed E-state index contributed by atoms with van der Waals surface area (Å²) in [6.45, 7) is 2.24. The van der Waals surface area contributed by atoms with Gasteiger partial charge in [-0.3, -0.25) is 0 Å². The van der Waals surface area contributed by atoms with Crippen LogP contribution in [0.1, 0.15) is 97.3 Å². The van der Waals surface area contributed by atoms with Crippen molar-refractivity contribution in [3.05, 3.63) is 88.5 Å². The second-order valence-electron chi connectivity index (χ2n) is 10.5. The van der Waals surface area contributed by atoms with Crippen molar-refractivity contribution in [2.24, 2.45) is 0 Å². The van der Waals surface area contributed by atoms with Crippen molar-refractivity contribution in [3.8, 4) is 11.5 Å². The number of unbranched alkanes of at least 4 members (excludes halogenated alkanes) is 3. The molecule has 3 aliphatic rings. The van der Waals surface area contributed by atoms with Gasteiger partial charge in [0.25, 0.3) is 0 Å². The molecule has 0 amide bonds. The molecule has 1 unspecified atom stereocenters. The Hall–Kier alpha value is -3.27. The first-order valence-corrected chi connectivity index (χ1v) is 13.7. The molecule has 4 heteroatoms. The molecule has 0 bridgehead atoms. The molecular formula is C32H35NO3. The summed E-state index contributed by atoms with van der Waals surface area (Å²) in [6, 6.07) is 21.0. The third-order valence-corrected chi connectivity index (χ3v) is 8.07. The maximum absolute atomic E-state index is 13.1. The van der Waals surface area contributed by atoms with Gasteiger partial charge >= 0.3 is 5.97 Å². The molecule has 1 N–H and O–H groups in total. The molecule has 0 saturated heterocycles. The van der Waals surface area contributed by atoms with E-state index in [0.29, 0.717) is 11.6 Å². The van der Waals surface area contributed by atoms with E-state index in [1.807, 2.05) is 24.3 Å². The van der Waals surface area contributed by atoms with Gasteiger partial charge in [-0.1, -0.05) is 69.7 Å². The molecule has 36 heavy (non-hydrogen) atoms. The SMILES string of the molecule is CCCCCCc1ccc2c(c1)C1(OC(=O)c3ccccc31)c1ccc(NC3CCCCC3)cc1O2. The van der Waals surface area contributed by atoms with E-state index in [4.69, 9.17) is 9.47 Å². The van der Waals surface area contributed by atoms with Crippen molar-refractivity contribution >= 4 is 11.7 Å². The standard InChI is InChI=1S/C32H35NO3/c1-2-3-4-6-11-22-16-19-29-28(20-22)32(26-15-10-9-14-25(26)31(34)36-32)27-18-17-24(21-30(27)35-29)33-23-12-7-5-8-13-23/h9-10,14-21,23,33H,2-8,11-13H2,1H3. The average Bonchev–Trinajstić information content (AvgIpc) is 3.20. The molecule has 0 aromatic heterocycles. The van der Waals surface area contributed by atoms with Gasteiger partial charge in [0.15, 0.2) is 5.60 Å². The lowest BCUT2D eigenvalue weighted by molar-refractivity contribution is 0.0224. The minimum atomic E-state index is -0.987. The third kappa shape index (κ3) is 3.97. The predicted molar refractivity (Wildman–Crippen MR) is 143 cm³/mol. The van der Waals surface area contributed by atoms with Crippen molar-refractivity contribution in [3.63, 3.8) is 0 Å². The van der Waals surface area contributed by atoms with Gasteiger partial charge in [0.2, 0.25) is 0 Å². The Morgan fingerprint density at radius 3 is 2.58 bits per heavy atom. The number of carbonyl (C=O) groups is 1. The van der Waals surface area contributed by atoms with Gasteiger partial charge in [-0.15, -0.1) is 0 Å². The molecule has 1 saturated carbocycles. The normalized spacial score (nSPS) is 20.3. The van der Waals surface area contributed by atoms with Crippen molar-refractivity contribution in [2.45, 2.75) is 82.8 Å². The summed E-state index contributed by atoms with van der Waals surface area (Å²) in [6.07, 6.45) is 12.2. The monoisotopic (exact) mass is 481 g/mol. The number of rotatable bonds is 7. The highest BCUT2D eigenvalue weighted by Crippen LogP contribution is 2.56. The first-order chi connectivity index (χ1) is 17.7. The van der Waals surface area contributed by atoms with E-state index in [0.717, 1.165) is 46.7 Å². The smallest absolute Gasteiger partial charge is 0.340 e. The van der Waals surface area contributed by atoms with E-state index < -0.39 is 5.60 Å². The maximum atomic E-state index is 13.1. The fraction of sp³-hybridized carbons (Fsp3) is 0.406. The molecule has 2 aliphatic heterocycles. The first-order valence-electron chi connectivity index (χ1n) is 13.7. The fourth-order valence-electron chi connectivity index (χ4n) is 6.20. The van der Waals surface area contributed by atoms with Crippen LogP contribution in [0.5, 0.6) is 11.5 Å². The van der Waals surface area contributed by atoms with E-state index in [-0.39, 0.29) is 5.97 Å². The molecule has 3 aromatic rings. The van der Waals surface area contributed by atoms with Crippen LogP contribution in [0.3, 0.4) is 0 Å². The van der Waals surface area contributed by atoms with Gasteiger partial charge in [0.05, 0.1) is 5.56 Å². The number of nitrogens with one attached hydrogen (secondary N) is 1. The van der Waals surface area contributed by atoms with Gasteiger partial charge in [-0.05, 0) is 61.6 Å². The highest BCUT2D eigenvalue weighted by Gasteiger charge is 2.53. The lowest BCUT2D eigenvalue weighted by Crippen LogP contribution is -2.33. The van der Waals surface area contributed by atoms with Crippen LogP contribution < -0.4 is 10.1 Å². The van der Waals surface area contributed by atoms with E-state index in [1.54, 1.807) is 0 Å². The highest BCUT2D eigenvalue weighted by molar-refractivity contribution is 5.97. The second-order valence-corrected chi connectivity index (χ2v) is 10.5. The number of hydrogen-bond acceptors (Lipinski definition) is 4. The lowest BCUT2D eigenvalue weighted by Gasteiger charge is -2.37. The summed E-state index contributed by atoms with van der Waals surface area (Å²) < 4.78 is 12.9. The minimum Gasteiger partial charge on any atom is -0.456 e. The summed E-state index contributed by atoms with van der Waals surface area (Å²) in [5.41, 5.74) is 4.68. The second kappa shape index (κ2) is 9.65. The van der Waals surface area contributed by atoms with Gasteiger partial charge in [0, 0.05) is 34.5 Å². The zero-order valence-corrected chi connectivity index (χ0v) is 21.1. The molecule has 0 radical (unpaired) electrons. The van der Waals surface area contributed by atoms with E-state index in [2.05, 4.69) is 48.6 Å². The number of benzene rings is 3. The molecule has 2 heterocycles. The number of esters is 1. The molecular weight excluding hydrogens is 446 g/mol. The van der Waals surface area contributed by atoms with Crippen LogP contribution in [-0.4, -0.2) is 12.0 Å². The van der Waals surface area contributed by atoms with Crippen molar-refractivity contribution in [1.29, 1.82) is 0 Å². The number of hydrogen-bond donors (Lipinski definition) is 1. The summed E-state index contributed by atoms with van der Waals surface area (Å²) in [5, 5.41) is 3.72. The molecule has 1 atom stereocenters. The van der Waals surface area contributed by atoms with Crippen molar-refractivity contribution < 1.29 is 14.3 Å². The highest BCUT2D eigenvalue weighted by atomic mass is 16.6. The van der Waals surface area contributed by atoms with Gasteiger partial charge < -0.3 is 14.8 Å². The summed E-state index contributed by atoms with van der Waals surface area (Å²) in [5.74, 6) is 1.24. The van der Waals surface area contributed by atoms with Crippen LogP contribution in [0, 0.1) is 0 Å². The van der Waals surface area contributed by atoms with Gasteiger partial charge in [-0.25, -0.2) is 4.79 Å². The summed E-state index contributed by atoms with van der Waals surface area (Å²) in [7, 11) is 0. The first kappa shape index (κ1) is 23.1. The van der Waals surface area contributed by atoms with Crippen LogP contribution >= 0.6 is 0 Å². The Balaban J connectivity index is 1.42. The van der Waals surface area contributed by atoms with Crippen LogP contribution in [0.2, 0.25) is 0 Å². The lowest BCUT2D eigenvalue weighted by atomic mass is 9.77. The zero-order valence-electron chi connectivity index (χ0n) is 21.1. The van der Waals surface area contributed by atoms with E-state index in [9.17, 15) is 4.79 Å². The van der Waals surface area contributed by atoms with Crippen molar-refractivity contribution in [2.75, 3.05) is 5.32 Å². The Morgan fingerprint density at radius 1 is 0.861 bits per heavy atom. The fourth-order valence-corrected chi connectivity index (χ4v) is 6.20. The Kier molecular flexibility index (Phi) is 6.20. The van der Waals surface area contributed by atoms with Crippen LogP contribution in [-0.2, 0) is 16.8 Å². The molecule has 186 valence electrons. The van der Waals surface area contributed by atoms with E-state index >= 15 is 0 Å². The molecule has 4 nitrogen and oxygen atoms in total. The molecule has 6 rings (SSSR count). The Labute approximate surface area is 214 Å². The van der Waals surface area contributed by atoms with Gasteiger partial charge in [-0.2, -0.15) is 0 Å². The van der Waals surface area contributed by atoms with Crippen molar-refractivity contribution in [1.82, 2.24) is 0 Å². The molecule has 3 aromatic carbocycles. The van der Waals surface area contributed by atoms with Crippen LogP contribution in [0.15, 0.2) is 60.7 Å².